The fourth-order valence-electron chi connectivity index (χ4n) is 1.32. The van der Waals surface area contributed by atoms with Crippen LogP contribution in [0.3, 0.4) is 0 Å². The van der Waals surface area contributed by atoms with Gasteiger partial charge in [-0.15, -0.1) is 0 Å². The van der Waals surface area contributed by atoms with Crippen molar-refractivity contribution < 1.29 is 24.1 Å². The Bertz CT molecular complexity index is 347. The van der Waals surface area contributed by atoms with Gasteiger partial charge >= 0.3 is 5.97 Å². The Hall–Kier alpha value is -1.59. The molecule has 0 aliphatic carbocycles. The van der Waals surface area contributed by atoms with Crippen LogP contribution >= 0.6 is 0 Å². The summed E-state index contributed by atoms with van der Waals surface area (Å²) in [4.78, 5) is 10.6. The third kappa shape index (κ3) is 5.65. The second-order valence-corrected chi connectivity index (χ2v) is 3.64. The Morgan fingerprint density at radius 3 is 2.44 bits per heavy atom. The second kappa shape index (κ2) is 8.49. The number of carbonyl (C=O) groups is 1. The first-order chi connectivity index (χ1) is 8.74. The highest BCUT2D eigenvalue weighted by Crippen LogP contribution is 2.11. The van der Waals surface area contributed by atoms with E-state index in [0.29, 0.717) is 32.2 Å². The maximum absolute atomic E-state index is 10.6. The van der Waals surface area contributed by atoms with Gasteiger partial charge in [-0.1, -0.05) is 0 Å². The molecule has 0 atom stereocenters. The number of ether oxygens (including phenoxy) is 3. The van der Waals surface area contributed by atoms with Crippen molar-refractivity contribution in [1.29, 1.82) is 0 Å². The molecule has 1 aromatic carbocycles. The molecular formula is C13H18O5. The smallest absolute Gasteiger partial charge is 0.335 e. The number of benzene rings is 1. The van der Waals surface area contributed by atoms with Gasteiger partial charge in [-0.25, -0.2) is 4.79 Å². The van der Waals surface area contributed by atoms with Gasteiger partial charge in [0.05, 0.1) is 12.2 Å². The number of carboxylic acids is 1. The number of rotatable bonds is 9. The molecule has 0 heterocycles. The molecule has 0 aromatic heterocycles. The van der Waals surface area contributed by atoms with Gasteiger partial charge in [0.1, 0.15) is 12.4 Å². The molecule has 0 saturated carbocycles. The SMILES string of the molecule is COCCCOCCOc1ccc(C(=O)O)cc1. The lowest BCUT2D eigenvalue weighted by Crippen LogP contribution is -2.08. The zero-order valence-electron chi connectivity index (χ0n) is 10.4. The highest BCUT2D eigenvalue weighted by molar-refractivity contribution is 5.87. The number of aromatic carboxylic acids is 1. The average Bonchev–Trinajstić information content (AvgIpc) is 2.38. The van der Waals surface area contributed by atoms with Crippen molar-refractivity contribution in [2.75, 3.05) is 33.5 Å². The highest BCUT2D eigenvalue weighted by Gasteiger charge is 2.01. The molecule has 1 rings (SSSR count). The molecule has 0 spiro atoms. The van der Waals surface area contributed by atoms with E-state index in [4.69, 9.17) is 19.3 Å². The van der Waals surface area contributed by atoms with Crippen LogP contribution in [-0.4, -0.2) is 44.6 Å². The Morgan fingerprint density at radius 1 is 1.11 bits per heavy atom. The van der Waals surface area contributed by atoms with Gasteiger partial charge in [-0.2, -0.15) is 0 Å². The molecule has 0 unspecified atom stereocenters. The molecule has 0 radical (unpaired) electrons. The molecule has 0 aliphatic heterocycles. The molecule has 0 amide bonds. The molecule has 0 fully saturated rings. The van der Waals surface area contributed by atoms with Crippen molar-refractivity contribution in [3.63, 3.8) is 0 Å². The van der Waals surface area contributed by atoms with E-state index in [2.05, 4.69) is 0 Å². The standard InChI is InChI=1S/C13H18O5/c1-16-7-2-8-17-9-10-18-12-5-3-11(4-6-12)13(14)15/h3-6H,2,7-10H2,1H3,(H,14,15). The van der Waals surface area contributed by atoms with Gasteiger partial charge in [0.2, 0.25) is 0 Å². The molecule has 100 valence electrons. The van der Waals surface area contributed by atoms with E-state index in [1.54, 1.807) is 19.2 Å². The summed E-state index contributed by atoms with van der Waals surface area (Å²) in [6, 6.07) is 6.29. The van der Waals surface area contributed by atoms with E-state index in [-0.39, 0.29) is 5.56 Å². The van der Waals surface area contributed by atoms with Gasteiger partial charge in [-0.05, 0) is 30.7 Å². The lowest BCUT2D eigenvalue weighted by Gasteiger charge is -2.07. The van der Waals surface area contributed by atoms with Crippen molar-refractivity contribution in [2.45, 2.75) is 6.42 Å². The summed E-state index contributed by atoms with van der Waals surface area (Å²) in [6.45, 7) is 2.29. The minimum atomic E-state index is -0.942. The van der Waals surface area contributed by atoms with Crippen LogP contribution in [-0.2, 0) is 9.47 Å². The quantitative estimate of drug-likeness (QED) is 0.681. The first-order valence-corrected chi connectivity index (χ1v) is 5.77. The minimum Gasteiger partial charge on any atom is -0.491 e. The normalized spacial score (nSPS) is 10.3. The van der Waals surface area contributed by atoms with Gasteiger partial charge in [0.25, 0.3) is 0 Å². The fraction of sp³-hybridized carbons (Fsp3) is 0.462. The van der Waals surface area contributed by atoms with Crippen LogP contribution in [0, 0.1) is 0 Å². The molecule has 1 aromatic rings. The van der Waals surface area contributed by atoms with Crippen LogP contribution in [0.5, 0.6) is 5.75 Å². The summed E-state index contributed by atoms with van der Waals surface area (Å²) in [5.74, 6) is -0.302. The minimum absolute atomic E-state index is 0.248. The lowest BCUT2D eigenvalue weighted by atomic mass is 10.2. The van der Waals surface area contributed by atoms with E-state index in [1.807, 2.05) is 0 Å². The van der Waals surface area contributed by atoms with Crippen molar-refractivity contribution in [3.8, 4) is 5.75 Å². The van der Waals surface area contributed by atoms with Crippen LogP contribution in [0.1, 0.15) is 16.8 Å². The number of carboxylic acid groups (broad SMARTS) is 1. The summed E-state index contributed by atoms with van der Waals surface area (Å²) in [7, 11) is 1.66. The van der Waals surface area contributed by atoms with Gasteiger partial charge in [-0.3, -0.25) is 0 Å². The third-order valence-electron chi connectivity index (χ3n) is 2.23. The van der Waals surface area contributed by atoms with Crippen molar-refractivity contribution in [3.05, 3.63) is 29.8 Å². The van der Waals surface area contributed by atoms with Gasteiger partial charge in [0.15, 0.2) is 0 Å². The average molecular weight is 254 g/mol. The molecule has 18 heavy (non-hydrogen) atoms. The Labute approximate surface area is 106 Å². The van der Waals surface area contributed by atoms with Crippen molar-refractivity contribution in [1.82, 2.24) is 0 Å². The fourth-order valence-corrected chi connectivity index (χ4v) is 1.32. The first kappa shape index (κ1) is 14.5. The monoisotopic (exact) mass is 254 g/mol. The summed E-state index contributed by atoms with van der Waals surface area (Å²) >= 11 is 0. The Morgan fingerprint density at radius 2 is 1.83 bits per heavy atom. The van der Waals surface area contributed by atoms with E-state index in [1.165, 1.54) is 12.1 Å². The zero-order chi connectivity index (χ0) is 13.2. The van der Waals surface area contributed by atoms with E-state index in [9.17, 15) is 4.79 Å². The molecule has 5 heteroatoms. The Kier molecular flexibility index (Phi) is 6.83. The van der Waals surface area contributed by atoms with Crippen molar-refractivity contribution in [2.24, 2.45) is 0 Å². The summed E-state index contributed by atoms with van der Waals surface area (Å²) in [5.41, 5.74) is 0.248. The van der Waals surface area contributed by atoms with Crippen LogP contribution < -0.4 is 4.74 Å². The lowest BCUT2D eigenvalue weighted by molar-refractivity contribution is 0.0696. The van der Waals surface area contributed by atoms with E-state index < -0.39 is 5.97 Å². The summed E-state index contributed by atoms with van der Waals surface area (Å²) in [5, 5.41) is 8.72. The van der Waals surface area contributed by atoms with Crippen LogP contribution in [0.4, 0.5) is 0 Å². The Balaban J connectivity index is 2.14. The highest BCUT2D eigenvalue weighted by atomic mass is 16.5. The van der Waals surface area contributed by atoms with Crippen LogP contribution in [0.2, 0.25) is 0 Å². The van der Waals surface area contributed by atoms with E-state index in [0.717, 1.165) is 6.42 Å². The molecule has 1 N–H and O–H groups in total. The number of hydrogen-bond donors (Lipinski definition) is 1. The predicted octanol–water partition coefficient (Wildman–Crippen LogP) is 1.82. The van der Waals surface area contributed by atoms with Crippen LogP contribution in [0.25, 0.3) is 0 Å². The number of hydrogen-bond acceptors (Lipinski definition) is 4. The molecular weight excluding hydrogens is 236 g/mol. The summed E-state index contributed by atoms with van der Waals surface area (Å²) < 4.78 is 15.6. The largest absolute Gasteiger partial charge is 0.491 e. The van der Waals surface area contributed by atoms with Gasteiger partial charge in [0, 0.05) is 20.3 Å². The molecule has 0 bridgehead atoms. The maximum atomic E-state index is 10.6. The first-order valence-electron chi connectivity index (χ1n) is 5.77. The maximum Gasteiger partial charge on any atom is 0.335 e. The number of methoxy groups -OCH3 is 1. The molecule has 0 aliphatic rings. The molecule has 5 nitrogen and oxygen atoms in total. The predicted molar refractivity (Wildman–Crippen MR) is 66.2 cm³/mol. The van der Waals surface area contributed by atoms with Crippen molar-refractivity contribution >= 4 is 5.97 Å². The summed E-state index contributed by atoms with van der Waals surface area (Å²) in [6.07, 6.45) is 0.865. The van der Waals surface area contributed by atoms with Gasteiger partial charge < -0.3 is 19.3 Å². The third-order valence-corrected chi connectivity index (χ3v) is 2.23. The molecule has 0 saturated heterocycles. The topological polar surface area (TPSA) is 65.0 Å². The van der Waals surface area contributed by atoms with Crippen LogP contribution in [0.15, 0.2) is 24.3 Å². The zero-order valence-corrected chi connectivity index (χ0v) is 10.4. The van der Waals surface area contributed by atoms with E-state index >= 15 is 0 Å². The second-order valence-electron chi connectivity index (χ2n) is 3.64.